The zero-order chi connectivity index (χ0) is 12.9. The van der Waals surface area contributed by atoms with Crippen LogP contribution in [0.3, 0.4) is 0 Å². The maximum absolute atomic E-state index is 9.93. The van der Waals surface area contributed by atoms with Gasteiger partial charge < -0.3 is 20.7 Å². The largest absolute Gasteiger partial charge is 0.388 e. The van der Waals surface area contributed by atoms with Gasteiger partial charge in [0.15, 0.2) is 17.7 Å². The number of hydrogen-bond acceptors (Lipinski definition) is 7. The van der Waals surface area contributed by atoms with Crippen LogP contribution in [0, 0.1) is 0 Å². The molecule has 2 aromatic rings. The molecule has 1 fully saturated rings. The first kappa shape index (κ1) is 11.3. The van der Waals surface area contributed by atoms with Crippen molar-refractivity contribution in [2.45, 2.75) is 31.5 Å². The molecule has 0 aromatic carbocycles. The van der Waals surface area contributed by atoms with Crippen molar-refractivity contribution in [2.24, 2.45) is 0 Å². The van der Waals surface area contributed by atoms with Gasteiger partial charge in [0.1, 0.15) is 24.1 Å². The fourth-order valence-electron chi connectivity index (χ4n) is 2.11. The summed E-state index contributed by atoms with van der Waals surface area (Å²) in [5.74, 6) is 0.264. The summed E-state index contributed by atoms with van der Waals surface area (Å²) in [6.45, 7) is 1.69. The maximum Gasteiger partial charge on any atom is 0.167 e. The van der Waals surface area contributed by atoms with Crippen LogP contribution in [0.25, 0.3) is 11.2 Å². The molecule has 2 unspecified atom stereocenters. The zero-order valence-corrected chi connectivity index (χ0v) is 9.63. The Labute approximate surface area is 102 Å². The number of aliphatic hydroxyl groups is 2. The van der Waals surface area contributed by atoms with Crippen molar-refractivity contribution in [3.8, 4) is 0 Å². The molecule has 4 N–H and O–H groups in total. The average Bonchev–Trinajstić information content (AvgIpc) is 2.88. The van der Waals surface area contributed by atoms with Crippen molar-refractivity contribution < 1.29 is 14.9 Å². The molecule has 18 heavy (non-hydrogen) atoms. The Balaban J connectivity index is 2.08. The molecule has 3 heterocycles. The van der Waals surface area contributed by atoms with E-state index >= 15 is 0 Å². The van der Waals surface area contributed by atoms with Gasteiger partial charge in [-0.25, -0.2) is 15.0 Å². The van der Waals surface area contributed by atoms with Crippen molar-refractivity contribution in [2.75, 3.05) is 5.73 Å². The van der Waals surface area contributed by atoms with Gasteiger partial charge in [0, 0.05) is 0 Å². The summed E-state index contributed by atoms with van der Waals surface area (Å²) in [7, 11) is 0. The van der Waals surface area contributed by atoms with E-state index in [-0.39, 0.29) is 5.82 Å². The van der Waals surface area contributed by atoms with E-state index in [1.54, 1.807) is 11.5 Å². The first-order valence-electron chi connectivity index (χ1n) is 5.54. The number of nitrogens with zero attached hydrogens (tertiary/aromatic N) is 4. The van der Waals surface area contributed by atoms with E-state index in [9.17, 15) is 10.2 Å². The van der Waals surface area contributed by atoms with Crippen LogP contribution in [0.4, 0.5) is 5.82 Å². The summed E-state index contributed by atoms with van der Waals surface area (Å²) in [5, 5.41) is 19.6. The number of nitrogen functional groups attached to an aromatic ring is 1. The number of aromatic nitrogens is 4. The molecule has 96 valence electrons. The number of anilines is 1. The highest BCUT2D eigenvalue weighted by molar-refractivity contribution is 5.81. The van der Waals surface area contributed by atoms with Crippen LogP contribution in [-0.4, -0.2) is 48.0 Å². The molecule has 0 radical (unpaired) electrons. The van der Waals surface area contributed by atoms with Gasteiger partial charge in [-0.1, -0.05) is 0 Å². The van der Waals surface area contributed by atoms with Crippen LogP contribution >= 0.6 is 0 Å². The molecule has 0 saturated carbocycles. The minimum atomic E-state index is -1.03. The van der Waals surface area contributed by atoms with Crippen molar-refractivity contribution in [3.05, 3.63) is 12.7 Å². The lowest BCUT2D eigenvalue weighted by molar-refractivity contribution is -0.0299. The Kier molecular flexibility index (Phi) is 2.44. The molecule has 1 saturated heterocycles. The molecular formula is C10H13N5O3. The predicted octanol–water partition coefficient (Wildman–Crippen LogP) is -0.952. The Morgan fingerprint density at radius 1 is 1.28 bits per heavy atom. The molecule has 8 nitrogen and oxygen atoms in total. The summed E-state index contributed by atoms with van der Waals surface area (Å²) in [6, 6.07) is 0. The third-order valence-corrected chi connectivity index (χ3v) is 3.14. The van der Waals surface area contributed by atoms with Crippen LogP contribution in [0.1, 0.15) is 13.2 Å². The molecule has 0 aliphatic carbocycles. The molecule has 4 atom stereocenters. The van der Waals surface area contributed by atoms with Crippen LogP contribution in [0.15, 0.2) is 12.7 Å². The molecular weight excluding hydrogens is 238 g/mol. The van der Waals surface area contributed by atoms with Gasteiger partial charge in [-0.15, -0.1) is 0 Å². The Hall–Kier alpha value is -1.77. The molecule has 2 aromatic heterocycles. The first-order chi connectivity index (χ1) is 8.59. The van der Waals surface area contributed by atoms with E-state index in [4.69, 9.17) is 10.5 Å². The number of fused-ring (bicyclic) bond motifs is 1. The molecule has 1 aliphatic heterocycles. The lowest BCUT2D eigenvalue weighted by atomic mass is 10.1. The van der Waals surface area contributed by atoms with E-state index in [0.717, 1.165) is 0 Å². The van der Waals surface area contributed by atoms with Crippen LogP contribution in [0.5, 0.6) is 0 Å². The smallest absolute Gasteiger partial charge is 0.167 e. The Morgan fingerprint density at radius 3 is 2.72 bits per heavy atom. The van der Waals surface area contributed by atoms with Gasteiger partial charge in [0.25, 0.3) is 0 Å². The fourth-order valence-corrected chi connectivity index (χ4v) is 2.11. The number of hydrogen-bond donors (Lipinski definition) is 3. The highest BCUT2D eigenvalue weighted by Crippen LogP contribution is 2.31. The number of ether oxygens (including phenoxy) is 1. The van der Waals surface area contributed by atoms with Crippen molar-refractivity contribution >= 4 is 17.0 Å². The van der Waals surface area contributed by atoms with E-state index in [0.29, 0.717) is 11.2 Å². The van der Waals surface area contributed by atoms with Gasteiger partial charge in [-0.3, -0.25) is 4.57 Å². The van der Waals surface area contributed by atoms with Crippen molar-refractivity contribution in [1.82, 2.24) is 19.5 Å². The Bertz CT molecular complexity index is 586. The molecule has 0 amide bonds. The summed E-state index contributed by atoms with van der Waals surface area (Å²) in [4.78, 5) is 12.0. The second kappa shape index (κ2) is 3.87. The Morgan fingerprint density at radius 2 is 2.06 bits per heavy atom. The number of imidazole rings is 1. The number of nitrogens with two attached hydrogens (primary N) is 1. The highest BCUT2D eigenvalue weighted by Gasteiger charge is 2.41. The second-order valence-electron chi connectivity index (χ2n) is 4.30. The van der Waals surface area contributed by atoms with Gasteiger partial charge in [0.2, 0.25) is 0 Å². The SMILES string of the molecule is C[C@@H]1O[C@H](n2cnc3c(N)ncnc32)C(O)C1O. The molecule has 1 aliphatic rings. The lowest BCUT2D eigenvalue weighted by Gasteiger charge is -2.16. The topological polar surface area (TPSA) is 119 Å². The van der Waals surface area contributed by atoms with Crippen LogP contribution < -0.4 is 5.73 Å². The molecule has 0 spiro atoms. The molecule has 0 bridgehead atoms. The standard InChI is InChI=1S/C10H13N5O3/c1-4-6(16)7(17)10(18-4)15-3-14-5-8(11)12-2-13-9(5)15/h2-4,6-7,10,16-17H,1H3,(H2,11,12,13)/t4-,6?,7?,10-/m0/s1. The third kappa shape index (κ3) is 1.47. The monoisotopic (exact) mass is 251 g/mol. The lowest BCUT2D eigenvalue weighted by Crippen LogP contribution is -2.30. The van der Waals surface area contributed by atoms with Crippen LogP contribution in [-0.2, 0) is 4.74 Å². The van der Waals surface area contributed by atoms with E-state index in [1.165, 1.54) is 12.7 Å². The quantitative estimate of drug-likeness (QED) is 0.597. The minimum Gasteiger partial charge on any atom is -0.388 e. The molecule has 8 heteroatoms. The van der Waals surface area contributed by atoms with E-state index < -0.39 is 24.5 Å². The van der Waals surface area contributed by atoms with Gasteiger partial charge in [-0.2, -0.15) is 0 Å². The minimum absolute atomic E-state index is 0.264. The normalized spacial score (nSPS) is 32.2. The van der Waals surface area contributed by atoms with Gasteiger partial charge in [-0.05, 0) is 6.92 Å². The number of aliphatic hydroxyl groups excluding tert-OH is 2. The van der Waals surface area contributed by atoms with Gasteiger partial charge in [0.05, 0.1) is 12.4 Å². The van der Waals surface area contributed by atoms with Gasteiger partial charge >= 0.3 is 0 Å². The summed E-state index contributed by atoms with van der Waals surface area (Å²) in [6.07, 6.45) is -0.373. The summed E-state index contributed by atoms with van der Waals surface area (Å²) >= 11 is 0. The maximum atomic E-state index is 9.93. The average molecular weight is 251 g/mol. The van der Waals surface area contributed by atoms with E-state index in [2.05, 4.69) is 15.0 Å². The highest BCUT2D eigenvalue weighted by atomic mass is 16.6. The third-order valence-electron chi connectivity index (χ3n) is 3.14. The second-order valence-corrected chi connectivity index (χ2v) is 4.30. The van der Waals surface area contributed by atoms with Crippen molar-refractivity contribution in [3.63, 3.8) is 0 Å². The predicted molar refractivity (Wildman–Crippen MR) is 61.3 cm³/mol. The first-order valence-corrected chi connectivity index (χ1v) is 5.54. The van der Waals surface area contributed by atoms with E-state index in [1.807, 2.05) is 0 Å². The zero-order valence-electron chi connectivity index (χ0n) is 9.63. The van der Waals surface area contributed by atoms with Crippen molar-refractivity contribution in [1.29, 1.82) is 0 Å². The molecule has 3 rings (SSSR count). The summed E-state index contributed by atoms with van der Waals surface area (Å²) < 4.78 is 7.05. The summed E-state index contributed by atoms with van der Waals surface area (Å²) in [5.41, 5.74) is 6.59. The fraction of sp³-hybridized carbons (Fsp3) is 0.500. The van der Waals surface area contributed by atoms with Crippen LogP contribution in [0.2, 0.25) is 0 Å². The number of rotatable bonds is 1.